The minimum absolute atomic E-state index is 0.284. The highest BCUT2D eigenvalue weighted by Crippen LogP contribution is 2.36. The van der Waals surface area contributed by atoms with Gasteiger partial charge in [0.15, 0.2) is 0 Å². The Morgan fingerprint density at radius 3 is 1.96 bits per heavy atom. The van der Waals surface area contributed by atoms with Crippen molar-refractivity contribution in [3.63, 3.8) is 0 Å². The first-order valence-electron chi connectivity index (χ1n) is 8.00. The lowest BCUT2D eigenvalue weighted by atomic mass is 9.79. The lowest BCUT2D eigenvalue weighted by molar-refractivity contribution is 0.00578. The number of thioether (sulfide) groups is 1. The molecule has 2 nitrogen and oxygen atoms in total. The van der Waals surface area contributed by atoms with Crippen LogP contribution in [0.3, 0.4) is 0 Å². The lowest BCUT2D eigenvalue weighted by Crippen LogP contribution is -2.41. The quantitative estimate of drug-likeness (QED) is 0.617. The summed E-state index contributed by atoms with van der Waals surface area (Å²) >= 11 is 1.84. The van der Waals surface area contributed by atoms with Gasteiger partial charge in [0.2, 0.25) is 0 Å². The van der Waals surface area contributed by atoms with Gasteiger partial charge in [-0.25, -0.2) is 0 Å². The Kier molecular flexibility index (Phi) is 4.59. The molecule has 0 aromatic heterocycles. The molecule has 0 unspecified atom stereocenters. The first-order valence-corrected chi connectivity index (χ1v) is 8.98. The monoisotopic (exact) mass is 326 g/mol. The van der Waals surface area contributed by atoms with Crippen LogP contribution >= 0.6 is 11.8 Å². The summed E-state index contributed by atoms with van der Waals surface area (Å²) in [5, 5.41) is 0. The van der Waals surface area contributed by atoms with Crippen LogP contribution in [0.4, 0.5) is 0 Å². The van der Waals surface area contributed by atoms with E-state index in [-0.39, 0.29) is 18.3 Å². The second-order valence-corrected chi connectivity index (χ2v) is 7.98. The van der Waals surface area contributed by atoms with E-state index in [0.717, 1.165) is 11.2 Å². The second kappa shape index (κ2) is 6.35. The van der Waals surface area contributed by atoms with Crippen LogP contribution in [0, 0.1) is 0 Å². The Labute approximate surface area is 143 Å². The summed E-state index contributed by atoms with van der Waals surface area (Å²) in [6.45, 7) is 8.32. The van der Waals surface area contributed by atoms with Gasteiger partial charge in [0.1, 0.15) is 0 Å². The molecule has 1 aliphatic heterocycles. The van der Waals surface area contributed by atoms with Gasteiger partial charge in [-0.1, -0.05) is 42.5 Å². The molecular weight excluding hydrogens is 303 g/mol. The Hall–Kier alpha value is -1.23. The molecule has 1 saturated heterocycles. The zero-order valence-corrected chi connectivity index (χ0v) is 15.0. The Morgan fingerprint density at radius 1 is 0.826 bits per heavy atom. The van der Waals surface area contributed by atoms with E-state index in [4.69, 9.17) is 9.31 Å². The van der Waals surface area contributed by atoms with Crippen molar-refractivity contribution in [2.45, 2.75) is 49.5 Å². The van der Waals surface area contributed by atoms with Gasteiger partial charge in [0, 0.05) is 10.6 Å². The van der Waals surface area contributed by atoms with Crippen molar-refractivity contribution in [2.24, 2.45) is 0 Å². The molecule has 4 heteroatoms. The van der Waals surface area contributed by atoms with Gasteiger partial charge in [0.25, 0.3) is 0 Å². The fourth-order valence-corrected chi connectivity index (χ4v) is 3.30. The van der Waals surface area contributed by atoms with Crippen molar-refractivity contribution < 1.29 is 9.31 Å². The van der Waals surface area contributed by atoms with Crippen LogP contribution in [0.15, 0.2) is 59.5 Å². The van der Waals surface area contributed by atoms with E-state index >= 15 is 0 Å². The number of rotatable bonds is 4. The van der Waals surface area contributed by atoms with E-state index in [2.05, 4.69) is 76.2 Å². The van der Waals surface area contributed by atoms with E-state index in [0.29, 0.717) is 0 Å². The normalized spacial score (nSPS) is 19.0. The third-order valence-electron chi connectivity index (χ3n) is 4.65. The summed E-state index contributed by atoms with van der Waals surface area (Å²) in [5.74, 6) is 0.983. The molecule has 2 aromatic carbocycles. The van der Waals surface area contributed by atoms with Crippen molar-refractivity contribution in [1.82, 2.24) is 0 Å². The fourth-order valence-electron chi connectivity index (χ4n) is 2.44. The summed E-state index contributed by atoms with van der Waals surface area (Å²) in [7, 11) is -0.284. The van der Waals surface area contributed by atoms with E-state index in [1.807, 2.05) is 17.8 Å². The summed E-state index contributed by atoms with van der Waals surface area (Å²) in [6.07, 6.45) is 0. The molecule has 0 N–H and O–H groups in total. The largest absolute Gasteiger partial charge is 0.494 e. The number of hydrogen-bond donors (Lipinski definition) is 0. The van der Waals surface area contributed by atoms with Crippen LogP contribution in [0.5, 0.6) is 0 Å². The van der Waals surface area contributed by atoms with Crippen LogP contribution in [-0.2, 0) is 15.1 Å². The highest BCUT2D eigenvalue weighted by Gasteiger charge is 2.51. The maximum absolute atomic E-state index is 6.09. The molecule has 3 rings (SSSR count). The van der Waals surface area contributed by atoms with Crippen molar-refractivity contribution in [2.75, 3.05) is 0 Å². The first kappa shape index (κ1) is 16.6. The Morgan fingerprint density at radius 2 is 1.39 bits per heavy atom. The molecule has 0 aliphatic carbocycles. The molecule has 1 heterocycles. The highest BCUT2D eigenvalue weighted by molar-refractivity contribution is 7.98. The molecule has 0 bridgehead atoms. The molecule has 23 heavy (non-hydrogen) atoms. The summed E-state index contributed by atoms with van der Waals surface area (Å²) < 4.78 is 12.2. The average molecular weight is 326 g/mol. The third-order valence-corrected chi connectivity index (χ3v) is 5.74. The van der Waals surface area contributed by atoms with Gasteiger partial charge < -0.3 is 9.31 Å². The van der Waals surface area contributed by atoms with Crippen molar-refractivity contribution in [3.05, 3.63) is 60.2 Å². The zero-order chi connectivity index (χ0) is 16.5. The van der Waals surface area contributed by atoms with E-state index in [1.165, 1.54) is 10.5 Å². The molecule has 2 aromatic rings. The van der Waals surface area contributed by atoms with Gasteiger partial charge in [-0.15, -0.1) is 11.8 Å². The van der Waals surface area contributed by atoms with E-state index in [1.54, 1.807) is 0 Å². The average Bonchev–Trinajstić information content (AvgIpc) is 2.75. The lowest BCUT2D eigenvalue weighted by Gasteiger charge is -2.32. The molecule has 0 atom stereocenters. The molecule has 0 saturated carbocycles. The van der Waals surface area contributed by atoms with Gasteiger partial charge >= 0.3 is 7.12 Å². The predicted molar refractivity (Wildman–Crippen MR) is 98.2 cm³/mol. The van der Waals surface area contributed by atoms with E-state index < -0.39 is 0 Å². The number of benzene rings is 2. The maximum Gasteiger partial charge on any atom is 0.494 e. The predicted octanol–water partition coefficient (Wildman–Crippen LogP) is 4.28. The molecular formula is C19H23BO2S. The molecule has 0 radical (unpaired) electrons. The van der Waals surface area contributed by atoms with Crippen LogP contribution < -0.4 is 5.46 Å². The Balaban J connectivity index is 1.64. The summed E-state index contributed by atoms with van der Waals surface area (Å²) in [6, 6.07) is 19.0. The first-order chi connectivity index (χ1) is 10.9. The summed E-state index contributed by atoms with van der Waals surface area (Å²) in [4.78, 5) is 1.26. The minimum atomic E-state index is -0.293. The topological polar surface area (TPSA) is 18.5 Å². The Bertz CT molecular complexity index is 637. The zero-order valence-electron chi connectivity index (χ0n) is 14.2. The minimum Gasteiger partial charge on any atom is -0.399 e. The molecule has 1 aliphatic rings. The van der Waals surface area contributed by atoms with Crippen LogP contribution in [-0.4, -0.2) is 18.3 Å². The van der Waals surface area contributed by atoms with Crippen molar-refractivity contribution >= 4 is 24.3 Å². The van der Waals surface area contributed by atoms with Crippen molar-refractivity contribution in [1.29, 1.82) is 0 Å². The summed E-state index contributed by atoms with van der Waals surface area (Å²) in [5.41, 5.74) is 1.83. The molecule has 120 valence electrons. The SMILES string of the molecule is CC1(C)OB(c2ccc(SCc3ccccc3)cc2)OC1(C)C. The van der Waals surface area contributed by atoms with Crippen LogP contribution in [0.1, 0.15) is 33.3 Å². The molecule has 1 fully saturated rings. The standard InChI is InChI=1S/C19H23BO2S/c1-18(2)19(3,4)22-20(21-18)16-10-12-17(13-11-16)23-14-15-8-6-5-7-9-15/h5-13H,14H2,1-4H3. The third kappa shape index (κ3) is 3.65. The number of hydrogen-bond acceptors (Lipinski definition) is 3. The van der Waals surface area contributed by atoms with Crippen LogP contribution in [0.2, 0.25) is 0 Å². The second-order valence-electron chi connectivity index (χ2n) is 6.93. The van der Waals surface area contributed by atoms with Gasteiger partial charge in [-0.3, -0.25) is 0 Å². The smallest absolute Gasteiger partial charge is 0.399 e. The van der Waals surface area contributed by atoms with Crippen LogP contribution in [0.25, 0.3) is 0 Å². The molecule has 0 amide bonds. The van der Waals surface area contributed by atoms with Gasteiger partial charge in [-0.05, 0) is 50.9 Å². The fraction of sp³-hybridized carbons (Fsp3) is 0.368. The highest BCUT2D eigenvalue weighted by atomic mass is 32.2. The van der Waals surface area contributed by atoms with Crippen molar-refractivity contribution in [3.8, 4) is 0 Å². The maximum atomic E-state index is 6.09. The van der Waals surface area contributed by atoms with Gasteiger partial charge in [-0.2, -0.15) is 0 Å². The van der Waals surface area contributed by atoms with E-state index in [9.17, 15) is 0 Å². The molecule has 0 spiro atoms. The van der Waals surface area contributed by atoms with Gasteiger partial charge in [0.05, 0.1) is 11.2 Å².